The first-order valence-corrected chi connectivity index (χ1v) is 7.86. The number of carbonyl (C=O) groups is 2. The Morgan fingerprint density at radius 2 is 1.91 bits per heavy atom. The second-order valence-electron chi connectivity index (χ2n) is 5.90. The Hall–Kier alpha value is -2.56. The lowest BCUT2D eigenvalue weighted by molar-refractivity contribution is -0.141. The molecule has 0 aliphatic carbocycles. The molecule has 1 aromatic heterocycles. The first kappa shape index (κ1) is 15.3. The van der Waals surface area contributed by atoms with E-state index >= 15 is 0 Å². The first-order valence-electron chi connectivity index (χ1n) is 7.86. The minimum atomic E-state index is -0.820. The van der Waals surface area contributed by atoms with E-state index in [0.717, 1.165) is 13.0 Å². The fraction of sp³-hybridized carbons (Fsp3) is 0.333. The van der Waals surface area contributed by atoms with Crippen LogP contribution >= 0.6 is 0 Å². The number of aromatic nitrogens is 1. The minimum absolute atomic E-state index is 0.0770. The maximum atomic E-state index is 12.6. The van der Waals surface area contributed by atoms with E-state index in [0.29, 0.717) is 25.2 Å². The van der Waals surface area contributed by atoms with E-state index in [-0.39, 0.29) is 5.91 Å². The number of hydrogen-bond acceptors (Lipinski definition) is 2. The number of amides is 1. The van der Waals surface area contributed by atoms with Gasteiger partial charge in [0.15, 0.2) is 0 Å². The Morgan fingerprint density at radius 1 is 1.13 bits per heavy atom. The maximum Gasteiger partial charge on any atom is 0.308 e. The van der Waals surface area contributed by atoms with Crippen LogP contribution in [0.3, 0.4) is 0 Å². The van der Waals surface area contributed by atoms with E-state index in [1.807, 2.05) is 35.0 Å². The smallest absolute Gasteiger partial charge is 0.308 e. The highest BCUT2D eigenvalue weighted by Gasteiger charge is 2.32. The third-order valence-corrected chi connectivity index (χ3v) is 4.36. The summed E-state index contributed by atoms with van der Waals surface area (Å²) in [5.74, 6) is -1.33. The number of hydrogen-bond donors (Lipinski definition) is 1. The monoisotopic (exact) mass is 312 g/mol. The third kappa shape index (κ3) is 3.44. The minimum Gasteiger partial charge on any atom is -0.481 e. The van der Waals surface area contributed by atoms with Crippen molar-refractivity contribution in [1.29, 1.82) is 0 Å². The van der Waals surface area contributed by atoms with Gasteiger partial charge in [-0.05, 0) is 30.5 Å². The molecule has 1 aromatic carbocycles. The van der Waals surface area contributed by atoms with E-state index in [4.69, 9.17) is 5.11 Å². The van der Waals surface area contributed by atoms with Gasteiger partial charge in [-0.15, -0.1) is 0 Å². The van der Waals surface area contributed by atoms with E-state index in [2.05, 4.69) is 12.1 Å². The fourth-order valence-corrected chi connectivity index (χ4v) is 3.01. The van der Waals surface area contributed by atoms with Gasteiger partial charge in [0, 0.05) is 25.8 Å². The molecule has 1 atom stereocenters. The summed E-state index contributed by atoms with van der Waals surface area (Å²) in [4.78, 5) is 25.3. The Labute approximate surface area is 135 Å². The van der Waals surface area contributed by atoms with Gasteiger partial charge >= 0.3 is 5.97 Å². The Balaban J connectivity index is 1.66. The number of carboxylic acids is 1. The molecule has 1 aliphatic heterocycles. The summed E-state index contributed by atoms with van der Waals surface area (Å²) in [6, 6.07) is 13.8. The van der Waals surface area contributed by atoms with Crippen LogP contribution in [0.5, 0.6) is 0 Å². The van der Waals surface area contributed by atoms with Crippen LogP contribution in [0.1, 0.15) is 22.5 Å². The van der Waals surface area contributed by atoms with Crippen LogP contribution in [-0.2, 0) is 17.8 Å². The maximum absolute atomic E-state index is 12.6. The van der Waals surface area contributed by atoms with Crippen molar-refractivity contribution in [1.82, 2.24) is 9.47 Å². The van der Waals surface area contributed by atoms with Gasteiger partial charge in [0.05, 0.1) is 5.92 Å². The lowest BCUT2D eigenvalue weighted by atomic mass is 10.1. The van der Waals surface area contributed by atoms with E-state index in [9.17, 15) is 9.59 Å². The molecular weight excluding hydrogens is 292 g/mol. The summed E-state index contributed by atoms with van der Waals surface area (Å²) in [6.45, 7) is 1.55. The Bertz CT molecular complexity index is 693. The summed E-state index contributed by atoms with van der Waals surface area (Å²) >= 11 is 0. The van der Waals surface area contributed by atoms with E-state index < -0.39 is 11.9 Å². The zero-order valence-electron chi connectivity index (χ0n) is 12.9. The van der Waals surface area contributed by atoms with Crippen molar-refractivity contribution >= 4 is 11.9 Å². The van der Waals surface area contributed by atoms with Crippen molar-refractivity contribution in [3.8, 4) is 0 Å². The zero-order valence-corrected chi connectivity index (χ0v) is 12.9. The first-order chi connectivity index (χ1) is 11.1. The average molecular weight is 312 g/mol. The fourth-order valence-electron chi connectivity index (χ4n) is 3.01. The van der Waals surface area contributed by atoms with Crippen LogP contribution in [0.25, 0.3) is 0 Å². The van der Waals surface area contributed by atoms with Crippen molar-refractivity contribution in [2.24, 2.45) is 5.92 Å². The molecule has 3 rings (SSSR count). The highest BCUT2D eigenvalue weighted by Crippen LogP contribution is 2.19. The third-order valence-electron chi connectivity index (χ3n) is 4.36. The number of rotatable bonds is 5. The summed E-state index contributed by atoms with van der Waals surface area (Å²) in [7, 11) is 0. The molecule has 1 N–H and O–H groups in total. The number of likely N-dealkylation sites (tertiary alicyclic amines) is 1. The molecule has 0 radical (unpaired) electrons. The largest absolute Gasteiger partial charge is 0.481 e. The molecule has 0 bridgehead atoms. The molecule has 2 aromatic rings. The second-order valence-corrected chi connectivity index (χ2v) is 5.90. The van der Waals surface area contributed by atoms with Gasteiger partial charge in [-0.25, -0.2) is 0 Å². The van der Waals surface area contributed by atoms with Crippen LogP contribution in [0, 0.1) is 5.92 Å². The van der Waals surface area contributed by atoms with E-state index in [1.165, 1.54) is 5.56 Å². The number of benzene rings is 1. The molecule has 23 heavy (non-hydrogen) atoms. The number of aliphatic carboxylic acids is 1. The van der Waals surface area contributed by atoms with Crippen molar-refractivity contribution in [2.75, 3.05) is 13.1 Å². The SMILES string of the molecule is O=C(O)[C@H]1CCN(C(=O)c2cccn2CCc2ccccc2)C1. The van der Waals surface area contributed by atoms with Crippen LogP contribution in [0.15, 0.2) is 48.7 Å². The summed E-state index contributed by atoms with van der Waals surface area (Å²) in [5, 5.41) is 9.07. The molecule has 1 amide bonds. The van der Waals surface area contributed by atoms with Gasteiger partial charge < -0.3 is 14.6 Å². The number of nitrogens with zero attached hydrogens (tertiary/aromatic N) is 2. The predicted molar refractivity (Wildman–Crippen MR) is 86.2 cm³/mol. The molecule has 1 fully saturated rings. The van der Waals surface area contributed by atoms with Crippen LogP contribution in [0.4, 0.5) is 0 Å². The summed E-state index contributed by atoms with van der Waals surface area (Å²) < 4.78 is 1.95. The average Bonchev–Trinajstić information content (AvgIpc) is 3.22. The summed E-state index contributed by atoms with van der Waals surface area (Å²) in [6.07, 6.45) is 3.29. The lowest BCUT2D eigenvalue weighted by Gasteiger charge is -2.17. The van der Waals surface area contributed by atoms with Crippen molar-refractivity contribution in [3.63, 3.8) is 0 Å². The number of aryl methyl sites for hydroxylation is 2. The number of carboxylic acid groups (broad SMARTS) is 1. The Kier molecular flexibility index (Phi) is 4.46. The number of carbonyl (C=O) groups excluding carboxylic acids is 1. The normalized spacial score (nSPS) is 17.4. The molecule has 0 saturated carbocycles. The summed E-state index contributed by atoms with van der Waals surface area (Å²) in [5.41, 5.74) is 1.86. The van der Waals surface area contributed by atoms with Crippen LogP contribution in [0.2, 0.25) is 0 Å². The molecule has 5 heteroatoms. The van der Waals surface area contributed by atoms with Gasteiger partial charge in [0.25, 0.3) is 5.91 Å². The molecule has 120 valence electrons. The Morgan fingerprint density at radius 3 is 2.61 bits per heavy atom. The molecule has 0 unspecified atom stereocenters. The van der Waals surface area contributed by atoms with Crippen molar-refractivity contribution in [3.05, 3.63) is 59.9 Å². The standard InChI is InChI=1S/C18H20N2O3/c21-17(20-12-9-15(13-20)18(22)23)16-7-4-10-19(16)11-8-14-5-2-1-3-6-14/h1-7,10,15H,8-9,11-13H2,(H,22,23)/t15-/m0/s1. The highest BCUT2D eigenvalue weighted by atomic mass is 16.4. The lowest BCUT2D eigenvalue weighted by Crippen LogP contribution is -2.31. The molecule has 0 spiro atoms. The molecule has 5 nitrogen and oxygen atoms in total. The highest BCUT2D eigenvalue weighted by molar-refractivity contribution is 5.93. The van der Waals surface area contributed by atoms with Crippen molar-refractivity contribution < 1.29 is 14.7 Å². The second kappa shape index (κ2) is 6.69. The van der Waals surface area contributed by atoms with Gasteiger partial charge in [-0.3, -0.25) is 9.59 Å². The molecule has 1 saturated heterocycles. The van der Waals surface area contributed by atoms with Crippen LogP contribution < -0.4 is 0 Å². The topological polar surface area (TPSA) is 62.5 Å². The van der Waals surface area contributed by atoms with E-state index in [1.54, 1.807) is 11.0 Å². The zero-order chi connectivity index (χ0) is 16.2. The quantitative estimate of drug-likeness (QED) is 0.921. The van der Waals surface area contributed by atoms with Gasteiger partial charge in [0.2, 0.25) is 0 Å². The predicted octanol–water partition coefficient (Wildman–Crippen LogP) is 2.28. The van der Waals surface area contributed by atoms with Crippen molar-refractivity contribution in [2.45, 2.75) is 19.4 Å². The van der Waals surface area contributed by atoms with Gasteiger partial charge in [-0.2, -0.15) is 0 Å². The van der Waals surface area contributed by atoms with Gasteiger partial charge in [0.1, 0.15) is 5.69 Å². The van der Waals surface area contributed by atoms with Crippen LogP contribution in [-0.4, -0.2) is 39.5 Å². The molecular formula is C18H20N2O3. The molecule has 2 heterocycles. The van der Waals surface area contributed by atoms with Gasteiger partial charge in [-0.1, -0.05) is 30.3 Å². The molecule has 1 aliphatic rings.